The molecule has 7 heteroatoms. The number of nitrogens with zero attached hydrogens (tertiary/aromatic N) is 3. The maximum atomic E-state index is 15.0. The molecule has 1 unspecified atom stereocenters. The summed E-state index contributed by atoms with van der Waals surface area (Å²) in [4.78, 5) is 8.81. The molecular weight excluding hydrogens is 453 g/mol. The summed E-state index contributed by atoms with van der Waals surface area (Å²) in [7, 11) is 3.89. The zero-order valence-corrected chi connectivity index (χ0v) is 21.1. The van der Waals surface area contributed by atoms with Crippen molar-refractivity contribution in [3.8, 4) is 22.3 Å². The standard InChI is InChI=1S/C29H34FN5O/c1-19-25-9-6-21(16-22(25)10-12-32-19)27-17-26(28(30)33-29(27)31)20-4-7-23(8-5-20)35-13-11-24(18-35)34(2)14-15-36-3/h4-9,16-17,24,32H,1,10-15,18H2,2-3H3,(H2,31,33). The molecule has 3 aromatic rings. The molecule has 188 valence electrons. The van der Waals surface area contributed by atoms with Gasteiger partial charge >= 0.3 is 0 Å². The van der Waals surface area contributed by atoms with Crippen molar-refractivity contribution in [3.63, 3.8) is 0 Å². The minimum Gasteiger partial charge on any atom is -0.385 e. The monoisotopic (exact) mass is 487 g/mol. The molecule has 0 saturated carbocycles. The van der Waals surface area contributed by atoms with Crippen molar-refractivity contribution in [2.75, 3.05) is 57.6 Å². The first-order chi connectivity index (χ1) is 17.4. The van der Waals surface area contributed by atoms with E-state index in [4.69, 9.17) is 10.5 Å². The molecule has 0 amide bonds. The molecule has 0 radical (unpaired) electrons. The number of ether oxygens (including phenoxy) is 1. The number of methoxy groups -OCH3 is 1. The van der Waals surface area contributed by atoms with Crippen LogP contribution in [0.1, 0.15) is 17.5 Å². The predicted octanol–water partition coefficient (Wildman–Crippen LogP) is 4.41. The number of hydrogen-bond donors (Lipinski definition) is 2. The summed E-state index contributed by atoms with van der Waals surface area (Å²) in [6.07, 6.45) is 2.02. The zero-order valence-electron chi connectivity index (χ0n) is 21.1. The van der Waals surface area contributed by atoms with Gasteiger partial charge in [0, 0.05) is 67.4 Å². The van der Waals surface area contributed by atoms with Crippen LogP contribution in [0.5, 0.6) is 0 Å². The number of fused-ring (bicyclic) bond motifs is 1. The SMILES string of the molecule is C=C1NCCc2cc(-c3cc(-c4ccc(N5CCC(N(C)CCOC)C5)cc4)c(F)nc3N)ccc21. The number of nitrogen functional groups attached to an aromatic ring is 1. The number of halogens is 1. The molecule has 5 rings (SSSR count). The third-order valence-corrected chi connectivity index (χ3v) is 7.46. The Morgan fingerprint density at radius 1 is 1.14 bits per heavy atom. The number of pyridine rings is 1. The van der Waals surface area contributed by atoms with Crippen LogP contribution in [0.25, 0.3) is 28.0 Å². The Bertz CT molecular complexity index is 1260. The third-order valence-electron chi connectivity index (χ3n) is 7.46. The second kappa shape index (κ2) is 10.3. The van der Waals surface area contributed by atoms with Crippen molar-refractivity contribution in [1.82, 2.24) is 15.2 Å². The Hall–Kier alpha value is -3.42. The van der Waals surface area contributed by atoms with Crippen LogP contribution in [-0.2, 0) is 11.2 Å². The van der Waals surface area contributed by atoms with Crippen molar-refractivity contribution in [1.29, 1.82) is 0 Å². The summed E-state index contributed by atoms with van der Waals surface area (Å²) >= 11 is 0. The highest BCUT2D eigenvalue weighted by atomic mass is 19.1. The number of nitrogens with two attached hydrogens (primary N) is 1. The van der Waals surface area contributed by atoms with Crippen molar-refractivity contribution in [3.05, 3.63) is 72.2 Å². The van der Waals surface area contributed by atoms with Gasteiger partial charge in [-0.3, -0.25) is 4.90 Å². The molecule has 1 atom stereocenters. The molecule has 0 spiro atoms. The molecule has 1 saturated heterocycles. The van der Waals surface area contributed by atoms with Gasteiger partial charge in [0.15, 0.2) is 0 Å². The predicted molar refractivity (Wildman–Crippen MR) is 145 cm³/mol. The Labute approximate surface area is 212 Å². The average molecular weight is 488 g/mol. The van der Waals surface area contributed by atoms with Crippen molar-refractivity contribution in [2.45, 2.75) is 18.9 Å². The Kier molecular flexibility index (Phi) is 6.94. The average Bonchev–Trinajstić information content (AvgIpc) is 3.38. The van der Waals surface area contributed by atoms with Gasteiger partial charge in [0.25, 0.3) is 0 Å². The van der Waals surface area contributed by atoms with Gasteiger partial charge in [-0.05, 0) is 54.8 Å². The number of aromatic nitrogens is 1. The lowest BCUT2D eigenvalue weighted by Gasteiger charge is -2.25. The normalized spacial score (nSPS) is 17.4. The summed E-state index contributed by atoms with van der Waals surface area (Å²) in [5.41, 5.74) is 13.5. The first kappa shape index (κ1) is 24.3. The number of hydrogen-bond acceptors (Lipinski definition) is 6. The van der Waals surface area contributed by atoms with Gasteiger partial charge in [-0.2, -0.15) is 4.39 Å². The van der Waals surface area contributed by atoms with E-state index >= 15 is 0 Å². The summed E-state index contributed by atoms with van der Waals surface area (Å²) in [6.45, 7) is 8.59. The van der Waals surface area contributed by atoms with E-state index in [1.54, 1.807) is 7.11 Å². The van der Waals surface area contributed by atoms with Gasteiger partial charge in [-0.1, -0.05) is 36.9 Å². The highest BCUT2D eigenvalue weighted by Gasteiger charge is 2.26. The summed E-state index contributed by atoms with van der Waals surface area (Å²) in [5, 5.41) is 3.30. The van der Waals surface area contributed by atoms with Gasteiger partial charge < -0.3 is 20.7 Å². The van der Waals surface area contributed by atoms with Crippen LogP contribution in [0.15, 0.2) is 55.1 Å². The maximum absolute atomic E-state index is 15.0. The molecular formula is C29H34FN5O. The minimum atomic E-state index is -0.555. The van der Waals surface area contributed by atoms with E-state index in [2.05, 4.69) is 51.9 Å². The van der Waals surface area contributed by atoms with E-state index < -0.39 is 5.95 Å². The highest BCUT2D eigenvalue weighted by molar-refractivity contribution is 5.82. The van der Waals surface area contributed by atoms with E-state index in [1.807, 2.05) is 30.3 Å². The van der Waals surface area contributed by atoms with Crippen LogP contribution in [0.4, 0.5) is 15.9 Å². The van der Waals surface area contributed by atoms with Gasteiger partial charge in [0.1, 0.15) is 5.82 Å². The van der Waals surface area contributed by atoms with Crippen LogP contribution in [0.2, 0.25) is 0 Å². The van der Waals surface area contributed by atoms with Crippen LogP contribution < -0.4 is 16.0 Å². The number of rotatable bonds is 7. The summed E-state index contributed by atoms with van der Waals surface area (Å²) < 4.78 is 20.2. The van der Waals surface area contributed by atoms with Crippen molar-refractivity contribution < 1.29 is 9.13 Å². The number of likely N-dealkylation sites (N-methyl/N-ethyl adjacent to an activating group) is 1. The van der Waals surface area contributed by atoms with Gasteiger partial charge in [0.2, 0.25) is 5.95 Å². The van der Waals surface area contributed by atoms with E-state index in [1.165, 1.54) is 5.56 Å². The molecule has 0 bridgehead atoms. The molecule has 2 aliphatic heterocycles. The van der Waals surface area contributed by atoms with Gasteiger partial charge in [0.05, 0.1) is 6.61 Å². The molecule has 2 aliphatic rings. The quantitative estimate of drug-likeness (QED) is 0.482. The fourth-order valence-corrected chi connectivity index (χ4v) is 5.25. The number of nitrogens with one attached hydrogen (secondary N) is 1. The first-order valence-corrected chi connectivity index (χ1v) is 12.5. The van der Waals surface area contributed by atoms with E-state index in [0.29, 0.717) is 11.6 Å². The fraction of sp³-hybridized carbons (Fsp3) is 0.345. The van der Waals surface area contributed by atoms with Crippen LogP contribution in [-0.4, -0.2) is 62.9 Å². The second-order valence-corrected chi connectivity index (χ2v) is 9.70. The summed E-state index contributed by atoms with van der Waals surface area (Å²) in [6, 6.07) is 16.6. The van der Waals surface area contributed by atoms with Crippen LogP contribution in [0.3, 0.4) is 0 Å². The maximum Gasteiger partial charge on any atom is 0.222 e. The Balaban J connectivity index is 1.37. The highest BCUT2D eigenvalue weighted by Crippen LogP contribution is 2.35. The van der Waals surface area contributed by atoms with Crippen molar-refractivity contribution in [2.24, 2.45) is 0 Å². The van der Waals surface area contributed by atoms with Crippen LogP contribution in [0, 0.1) is 5.95 Å². The van der Waals surface area contributed by atoms with Crippen LogP contribution >= 0.6 is 0 Å². The Morgan fingerprint density at radius 2 is 1.92 bits per heavy atom. The molecule has 1 aromatic heterocycles. The third kappa shape index (κ3) is 4.81. The van der Waals surface area contributed by atoms with E-state index in [-0.39, 0.29) is 5.82 Å². The molecule has 3 N–H and O–H groups in total. The van der Waals surface area contributed by atoms with E-state index in [0.717, 1.165) is 79.3 Å². The first-order valence-electron chi connectivity index (χ1n) is 12.5. The topological polar surface area (TPSA) is 66.6 Å². The lowest BCUT2D eigenvalue weighted by atomic mass is 9.93. The molecule has 2 aromatic carbocycles. The van der Waals surface area contributed by atoms with Gasteiger partial charge in [-0.25, -0.2) is 4.98 Å². The second-order valence-electron chi connectivity index (χ2n) is 9.70. The summed E-state index contributed by atoms with van der Waals surface area (Å²) in [5.74, 6) is -0.359. The molecule has 3 heterocycles. The molecule has 0 aliphatic carbocycles. The number of anilines is 2. The lowest BCUT2D eigenvalue weighted by Crippen LogP contribution is -2.36. The van der Waals surface area contributed by atoms with Crippen molar-refractivity contribution >= 4 is 17.2 Å². The number of benzene rings is 2. The zero-order chi connectivity index (χ0) is 25.2. The Morgan fingerprint density at radius 3 is 2.69 bits per heavy atom. The molecule has 36 heavy (non-hydrogen) atoms. The molecule has 6 nitrogen and oxygen atoms in total. The van der Waals surface area contributed by atoms with E-state index in [9.17, 15) is 4.39 Å². The largest absolute Gasteiger partial charge is 0.385 e. The smallest absolute Gasteiger partial charge is 0.222 e. The van der Waals surface area contributed by atoms with Gasteiger partial charge in [-0.15, -0.1) is 0 Å². The lowest BCUT2D eigenvalue weighted by molar-refractivity contribution is 0.143. The fourth-order valence-electron chi connectivity index (χ4n) is 5.25. The molecule has 1 fully saturated rings. The minimum absolute atomic E-state index is 0.196.